The van der Waals surface area contributed by atoms with Gasteiger partial charge in [-0.1, -0.05) is 34.5 Å². The molecule has 1 N–H and O–H groups in total. The zero-order valence-corrected chi connectivity index (χ0v) is 16.9. The molecule has 1 aromatic carbocycles. The van der Waals surface area contributed by atoms with Crippen LogP contribution in [0, 0.1) is 0 Å². The first-order valence-electron chi connectivity index (χ1n) is 8.49. The normalized spacial score (nSPS) is 16.5. The predicted octanol–water partition coefficient (Wildman–Crippen LogP) is 3.85. The van der Waals surface area contributed by atoms with Crippen LogP contribution in [-0.2, 0) is 10.0 Å². The van der Waals surface area contributed by atoms with Crippen molar-refractivity contribution in [3.63, 3.8) is 0 Å². The minimum absolute atomic E-state index is 0.221. The summed E-state index contributed by atoms with van der Waals surface area (Å²) in [6.07, 6.45) is 4.30. The Hall–Kier alpha value is -1.77. The second-order valence-corrected chi connectivity index (χ2v) is 9.01. The van der Waals surface area contributed by atoms with Gasteiger partial charge in [0, 0.05) is 23.8 Å². The number of halogens is 1. The van der Waals surface area contributed by atoms with Crippen molar-refractivity contribution in [1.82, 2.24) is 9.29 Å². The minimum Gasteiger partial charge on any atom is -0.261 e. The number of hydrazone groups is 1. The maximum absolute atomic E-state index is 12.6. The van der Waals surface area contributed by atoms with E-state index in [1.807, 2.05) is 31.2 Å². The molecule has 0 atom stereocenters. The van der Waals surface area contributed by atoms with E-state index in [0.717, 1.165) is 35.0 Å². The molecule has 0 radical (unpaired) electrons. The third-order valence-electron chi connectivity index (χ3n) is 4.29. The van der Waals surface area contributed by atoms with Crippen LogP contribution in [-0.4, -0.2) is 36.5 Å². The number of anilines is 1. The highest BCUT2D eigenvalue weighted by atomic mass is 79.9. The van der Waals surface area contributed by atoms with Crippen molar-refractivity contribution < 1.29 is 8.42 Å². The number of nitrogens with one attached hydrogen (secondary N) is 1. The van der Waals surface area contributed by atoms with Crippen molar-refractivity contribution in [3.8, 4) is 0 Å². The number of aromatic nitrogens is 1. The average molecular weight is 437 g/mol. The fourth-order valence-electron chi connectivity index (χ4n) is 2.75. The summed E-state index contributed by atoms with van der Waals surface area (Å²) in [5.41, 5.74) is 4.67. The van der Waals surface area contributed by atoms with Crippen molar-refractivity contribution in [2.45, 2.75) is 31.1 Å². The van der Waals surface area contributed by atoms with E-state index >= 15 is 0 Å². The Kier molecular flexibility index (Phi) is 6.05. The lowest BCUT2D eigenvalue weighted by Gasteiger charge is -2.25. The number of pyridine rings is 1. The number of benzene rings is 1. The molecule has 0 amide bonds. The topological polar surface area (TPSA) is 74.7 Å². The predicted molar refractivity (Wildman–Crippen MR) is 107 cm³/mol. The van der Waals surface area contributed by atoms with Crippen LogP contribution in [0.3, 0.4) is 0 Å². The molecule has 2 heterocycles. The maximum Gasteiger partial charge on any atom is 0.244 e. The zero-order chi connectivity index (χ0) is 18.6. The lowest BCUT2D eigenvalue weighted by molar-refractivity contribution is 0.346. The van der Waals surface area contributed by atoms with E-state index in [4.69, 9.17) is 0 Å². The SMILES string of the molecule is C/C(=N\Nc1ccc(S(=O)(=O)N2CCCCC2)cn1)c1ccc(Br)cc1. The summed E-state index contributed by atoms with van der Waals surface area (Å²) in [5.74, 6) is 0.499. The van der Waals surface area contributed by atoms with Gasteiger partial charge in [-0.15, -0.1) is 0 Å². The van der Waals surface area contributed by atoms with Crippen LogP contribution in [0.5, 0.6) is 0 Å². The molecule has 1 saturated heterocycles. The fraction of sp³-hybridized carbons (Fsp3) is 0.333. The van der Waals surface area contributed by atoms with E-state index < -0.39 is 10.0 Å². The number of rotatable bonds is 5. The number of piperidine rings is 1. The number of nitrogens with zero attached hydrogens (tertiary/aromatic N) is 3. The third-order valence-corrected chi connectivity index (χ3v) is 6.70. The summed E-state index contributed by atoms with van der Waals surface area (Å²) < 4.78 is 27.8. The number of hydrogen-bond donors (Lipinski definition) is 1. The second-order valence-electron chi connectivity index (χ2n) is 6.16. The summed E-state index contributed by atoms with van der Waals surface area (Å²) >= 11 is 3.40. The van der Waals surface area contributed by atoms with Gasteiger partial charge in [0.15, 0.2) is 0 Å². The third kappa shape index (κ3) is 4.49. The van der Waals surface area contributed by atoms with E-state index in [1.54, 1.807) is 12.1 Å². The molecule has 6 nitrogen and oxygen atoms in total. The molecule has 1 fully saturated rings. The van der Waals surface area contributed by atoms with Crippen molar-refractivity contribution in [1.29, 1.82) is 0 Å². The van der Waals surface area contributed by atoms with Crippen LogP contribution in [0.2, 0.25) is 0 Å². The summed E-state index contributed by atoms with van der Waals surface area (Å²) in [4.78, 5) is 4.41. The van der Waals surface area contributed by atoms with Gasteiger partial charge in [0.1, 0.15) is 10.7 Å². The highest BCUT2D eigenvalue weighted by Gasteiger charge is 2.26. The standard InChI is InChI=1S/C18H21BrN4O2S/c1-14(15-5-7-16(19)8-6-15)21-22-18-10-9-17(13-20-18)26(24,25)23-11-3-2-4-12-23/h5-10,13H,2-4,11-12H2,1H3,(H,20,22)/b21-14+. The van der Waals surface area contributed by atoms with Crippen molar-refractivity contribution in [2.75, 3.05) is 18.5 Å². The highest BCUT2D eigenvalue weighted by Crippen LogP contribution is 2.20. The molecule has 26 heavy (non-hydrogen) atoms. The number of hydrogen-bond acceptors (Lipinski definition) is 5. The number of sulfonamides is 1. The molecule has 0 bridgehead atoms. The van der Waals surface area contributed by atoms with Gasteiger partial charge < -0.3 is 0 Å². The van der Waals surface area contributed by atoms with E-state index in [0.29, 0.717) is 18.9 Å². The molecule has 1 aromatic heterocycles. The van der Waals surface area contributed by atoms with Crippen molar-refractivity contribution >= 4 is 37.5 Å². The fourth-order valence-corrected chi connectivity index (χ4v) is 4.48. The highest BCUT2D eigenvalue weighted by molar-refractivity contribution is 9.10. The molecule has 0 spiro atoms. The molecule has 1 aliphatic rings. The van der Waals surface area contributed by atoms with Crippen LogP contribution in [0.4, 0.5) is 5.82 Å². The maximum atomic E-state index is 12.6. The molecule has 0 unspecified atom stereocenters. The quantitative estimate of drug-likeness (QED) is 0.570. The molecule has 8 heteroatoms. The van der Waals surface area contributed by atoms with Gasteiger partial charge in [-0.2, -0.15) is 9.41 Å². The first kappa shape index (κ1) is 19.0. The molecule has 0 saturated carbocycles. The van der Waals surface area contributed by atoms with Gasteiger partial charge in [0.05, 0.1) is 5.71 Å². The summed E-state index contributed by atoms with van der Waals surface area (Å²) in [6, 6.07) is 11.0. The lowest BCUT2D eigenvalue weighted by atomic mass is 10.1. The first-order valence-corrected chi connectivity index (χ1v) is 10.7. The molecule has 138 valence electrons. The van der Waals surface area contributed by atoms with Crippen molar-refractivity contribution in [3.05, 3.63) is 52.6 Å². The second kappa shape index (κ2) is 8.28. The van der Waals surface area contributed by atoms with Crippen LogP contribution >= 0.6 is 15.9 Å². The van der Waals surface area contributed by atoms with E-state index in [2.05, 4.69) is 31.4 Å². The van der Waals surface area contributed by atoms with Gasteiger partial charge in [-0.3, -0.25) is 5.43 Å². The van der Waals surface area contributed by atoms with Crippen LogP contribution in [0.1, 0.15) is 31.7 Å². The molecule has 0 aliphatic carbocycles. The minimum atomic E-state index is -3.45. The molecular formula is C18H21BrN4O2S. The van der Waals surface area contributed by atoms with E-state index in [-0.39, 0.29) is 4.90 Å². The van der Waals surface area contributed by atoms with Gasteiger partial charge in [0.2, 0.25) is 10.0 Å². The molecule has 2 aromatic rings. The Morgan fingerprint density at radius 3 is 2.42 bits per heavy atom. The average Bonchev–Trinajstić information content (AvgIpc) is 2.67. The van der Waals surface area contributed by atoms with E-state index in [1.165, 1.54) is 10.5 Å². The van der Waals surface area contributed by atoms with E-state index in [9.17, 15) is 8.42 Å². The van der Waals surface area contributed by atoms with Gasteiger partial charge in [-0.25, -0.2) is 13.4 Å². The molecule has 3 rings (SSSR count). The Bertz CT molecular complexity index is 874. The van der Waals surface area contributed by atoms with Gasteiger partial charge >= 0.3 is 0 Å². The Morgan fingerprint density at radius 1 is 1.12 bits per heavy atom. The van der Waals surface area contributed by atoms with Crippen LogP contribution < -0.4 is 5.43 Å². The smallest absolute Gasteiger partial charge is 0.244 e. The Balaban J connectivity index is 1.69. The van der Waals surface area contributed by atoms with Crippen LogP contribution in [0.25, 0.3) is 0 Å². The Morgan fingerprint density at radius 2 is 1.81 bits per heavy atom. The molecular weight excluding hydrogens is 416 g/mol. The van der Waals surface area contributed by atoms with Gasteiger partial charge in [0.25, 0.3) is 0 Å². The summed E-state index contributed by atoms with van der Waals surface area (Å²) in [6.45, 7) is 3.06. The monoisotopic (exact) mass is 436 g/mol. The molecule has 1 aliphatic heterocycles. The summed E-state index contributed by atoms with van der Waals surface area (Å²) in [7, 11) is -3.45. The zero-order valence-electron chi connectivity index (χ0n) is 14.5. The van der Waals surface area contributed by atoms with Crippen molar-refractivity contribution in [2.24, 2.45) is 5.10 Å². The summed E-state index contributed by atoms with van der Waals surface area (Å²) in [5, 5.41) is 4.30. The first-order chi connectivity index (χ1) is 12.5. The Labute approximate surface area is 162 Å². The lowest BCUT2D eigenvalue weighted by Crippen LogP contribution is -2.35. The van der Waals surface area contributed by atoms with Gasteiger partial charge in [-0.05, 0) is 49.6 Å². The van der Waals surface area contributed by atoms with Crippen LogP contribution in [0.15, 0.2) is 57.1 Å². The largest absolute Gasteiger partial charge is 0.261 e.